The molecule has 0 saturated heterocycles. The molecule has 2 amide bonds. The maximum atomic E-state index is 13.1. The molecule has 0 fully saturated rings. The predicted molar refractivity (Wildman–Crippen MR) is 154 cm³/mol. The Balaban J connectivity index is 1.60. The Hall–Kier alpha value is -3.20. The molecule has 0 spiro atoms. The van der Waals surface area contributed by atoms with E-state index in [1.165, 1.54) is 12.3 Å². The fourth-order valence-electron chi connectivity index (χ4n) is 3.24. The molecule has 1 aromatic heterocycles. The Morgan fingerprint density at radius 2 is 1.62 bits per heavy atom. The lowest BCUT2D eigenvalue weighted by molar-refractivity contribution is 0.102. The maximum absolute atomic E-state index is 13.1. The SMILES string of the molecule is Cc1ccc(C(=O)Nc2ccc(NCCO[Si](C)(C)C(C)(C)C)cc2)c(NC(=O)c2ccc(Cl)cn2)c1. The van der Waals surface area contributed by atoms with Gasteiger partial charge in [0.1, 0.15) is 5.69 Å². The molecular formula is C28H35ClN4O3Si. The lowest BCUT2D eigenvalue weighted by Gasteiger charge is -2.36. The average molecular weight is 539 g/mol. The predicted octanol–water partition coefficient (Wildman–Crippen LogP) is 6.98. The van der Waals surface area contributed by atoms with Gasteiger partial charge in [-0.1, -0.05) is 38.4 Å². The van der Waals surface area contributed by atoms with Gasteiger partial charge in [0, 0.05) is 24.1 Å². The van der Waals surface area contributed by atoms with Crippen molar-refractivity contribution < 1.29 is 14.0 Å². The van der Waals surface area contributed by atoms with Gasteiger partial charge in [-0.05, 0) is 79.2 Å². The highest BCUT2D eigenvalue weighted by molar-refractivity contribution is 6.74. The summed E-state index contributed by atoms with van der Waals surface area (Å²) < 4.78 is 6.20. The summed E-state index contributed by atoms with van der Waals surface area (Å²) in [6.45, 7) is 14.4. The van der Waals surface area contributed by atoms with Crippen LogP contribution in [0, 0.1) is 6.92 Å². The molecule has 0 saturated carbocycles. The molecule has 37 heavy (non-hydrogen) atoms. The highest BCUT2D eigenvalue weighted by atomic mass is 35.5. The number of amides is 2. The number of anilines is 3. The molecule has 3 aromatic rings. The molecule has 9 heteroatoms. The van der Waals surface area contributed by atoms with E-state index in [0.29, 0.717) is 35.1 Å². The number of nitrogens with zero attached hydrogens (tertiary/aromatic N) is 1. The van der Waals surface area contributed by atoms with Gasteiger partial charge in [-0.15, -0.1) is 0 Å². The van der Waals surface area contributed by atoms with Crippen molar-refractivity contribution in [3.8, 4) is 0 Å². The zero-order valence-corrected chi connectivity index (χ0v) is 24.0. The Labute approximate surface area is 225 Å². The van der Waals surface area contributed by atoms with Crippen molar-refractivity contribution in [3.05, 3.63) is 82.6 Å². The Bertz CT molecular complexity index is 1240. The van der Waals surface area contributed by atoms with Gasteiger partial charge >= 0.3 is 0 Å². The lowest BCUT2D eigenvalue weighted by atomic mass is 10.1. The largest absolute Gasteiger partial charge is 0.415 e. The third kappa shape index (κ3) is 7.89. The van der Waals surface area contributed by atoms with Gasteiger partial charge in [-0.3, -0.25) is 9.59 Å². The van der Waals surface area contributed by atoms with Gasteiger partial charge < -0.3 is 20.4 Å². The fraction of sp³-hybridized carbons (Fsp3) is 0.321. The molecule has 3 rings (SSSR count). The van der Waals surface area contributed by atoms with Crippen molar-refractivity contribution in [1.82, 2.24) is 4.98 Å². The standard InChI is InChI=1S/C28H35ClN4O3Si/c1-19-7-13-23(25(17-19)33-27(35)24-14-8-20(29)18-31-24)26(34)32-22-11-9-21(10-12-22)30-15-16-36-37(5,6)28(2,3)4/h7-14,17-18,30H,15-16H2,1-6H3,(H,32,34)(H,33,35). The van der Waals surface area contributed by atoms with E-state index in [0.717, 1.165) is 11.3 Å². The molecule has 0 aliphatic heterocycles. The van der Waals surface area contributed by atoms with Gasteiger partial charge in [-0.25, -0.2) is 4.98 Å². The first kappa shape index (κ1) is 28.4. The first-order chi connectivity index (χ1) is 17.4. The Morgan fingerprint density at radius 1 is 0.946 bits per heavy atom. The summed E-state index contributed by atoms with van der Waals surface area (Å²) in [5.74, 6) is -0.757. The minimum atomic E-state index is -1.77. The molecule has 0 aliphatic rings. The van der Waals surface area contributed by atoms with Gasteiger partial charge in [0.25, 0.3) is 11.8 Å². The van der Waals surface area contributed by atoms with E-state index in [9.17, 15) is 9.59 Å². The summed E-state index contributed by atoms with van der Waals surface area (Å²) in [6.07, 6.45) is 1.40. The molecule has 1 heterocycles. The number of aryl methyl sites for hydroxylation is 1. The molecular weight excluding hydrogens is 504 g/mol. The van der Waals surface area contributed by atoms with Crippen molar-refractivity contribution >= 4 is 48.8 Å². The van der Waals surface area contributed by atoms with Gasteiger partial charge in [0.05, 0.1) is 22.9 Å². The normalized spacial score (nSPS) is 11.6. The molecule has 0 unspecified atom stereocenters. The van der Waals surface area contributed by atoms with E-state index in [1.807, 2.05) is 37.3 Å². The summed E-state index contributed by atoms with van der Waals surface area (Å²) >= 11 is 5.86. The van der Waals surface area contributed by atoms with Crippen LogP contribution in [0.3, 0.4) is 0 Å². The third-order valence-corrected chi connectivity index (χ3v) is 11.2. The number of carbonyl (C=O) groups excluding carboxylic acids is 2. The number of carbonyl (C=O) groups is 2. The van der Waals surface area contributed by atoms with Crippen LogP contribution in [0.2, 0.25) is 23.2 Å². The van der Waals surface area contributed by atoms with Crippen LogP contribution in [0.5, 0.6) is 0 Å². The molecule has 2 aromatic carbocycles. The van der Waals surface area contributed by atoms with Gasteiger partial charge in [0.15, 0.2) is 8.32 Å². The first-order valence-electron chi connectivity index (χ1n) is 12.2. The van der Waals surface area contributed by atoms with E-state index in [-0.39, 0.29) is 16.6 Å². The average Bonchev–Trinajstić information content (AvgIpc) is 2.82. The van der Waals surface area contributed by atoms with E-state index < -0.39 is 14.2 Å². The quantitative estimate of drug-likeness (QED) is 0.202. The lowest BCUT2D eigenvalue weighted by Crippen LogP contribution is -2.41. The number of halogens is 1. The van der Waals surface area contributed by atoms with Crippen molar-refractivity contribution in [2.75, 3.05) is 29.1 Å². The van der Waals surface area contributed by atoms with Crippen LogP contribution in [0.15, 0.2) is 60.8 Å². The fourth-order valence-corrected chi connectivity index (χ4v) is 4.40. The zero-order valence-electron chi connectivity index (χ0n) is 22.2. The number of rotatable bonds is 9. The van der Waals surface area contributed by atoms with Gasteiger partial charge in [-0.2, -0.15) is 0 Å². The van der Waals surface area contributed by atoms with Crippen molar-refractivity contribution in [3.63, 3.8) is 0 Å². The molecule has 0 atom stereocenters. The Morgan fingerprint density at radius 3 is 2.24 bits per heavy atom. The van der Waals surface area contributed by atoms with Crippen LogP contribution in [0.4, 0.5) is 17.1 Å². The van der Waals surface area contributed by atoms with E-state index in [4.69, 9.17) is 16.0 Å². The second-order valence-electron chi connectivity index (χ2n) is 10.4. The van der Waals surface area contributed by atoms with E-state index in [1.54, 1.807) is 18.2 Å². The minimum Gasteiger partial charge on any atom is -0.415 e. The zero-order chi connectivity index (χ0) is 27.2. The number of pyridine rings is 1. The van der Waals surface area contributed by atoms with Crippen molar-refractivity contribution in [2.24, 2.45) is 0 Å². The van der Waals surface area contributed by atoms with Crippen molar-refractivity contribution in [1.29, 1.82) is 0 Å². The summed E-state index contributed by atoms with van der Waals surface area (Å²) in [5, 5.41) is 9.66. The van der Waals surface area contributed by atoms with E-state index >= 15 is 0 Å². The number of aromatic nitrogens is 1. The smallest absolute Gasteiger partial charge is 0.274 e. The minimum absolute atomic E-state index is 0.180. The molecule has 3 N–H and O–H groups in total. The van der Waals surface area contributed by atoms with Crippen LogP contribution in [-0.4, -0.2) is 38.3 Å². The van der Waals surface area contributed by atoms with Crippen LogP contribution in [0.25, 0.3) is 0 Å². The third-order valence-electron chi connectivity index (χ3n) is 6.47. The maximum Gasteiger partial charge on any atom is 0.274 e. The summed E-state index contributed by atoms with van der Waals surface area (Å²) in [5.41, 5.74) is 3.44. The summed E-state index contributed by atoms with van der Waals surface area (Å²) in [7, 11) is -1.77. The van der Waals surface area contributed by atoms with Crippen molar-refractivity contribution in [2.45, 2.75) is 45.8 Å². The number of nitrogens with one attached hydrogen (secondary N) is 3. The molecule has 0 bridgehead atoms. The van der Waals surface area contributed by atoms with Gasteiger partial charge in [0.2, 0.25) is 0 Å². The van der Waals surface area contributed by atoms with Crippen LogP contribution >= 0.6 is 11.6 Å². The molecule has 0 aliphatic carbocycles. The highest BCUT2D eigenvalue weighted by Crippen LogP contribution is 2.36. The van der Waals surface area contributed by atoms with E-state index in [2.05, 4.69) is 54.8 Å². The number of benzene rings is 2. The van der Waals surface area contributed by atoms with Crippen LogP contribution in [-0.2, 0) is 4.43 Å². The first-order valence-corrected chi connectivity index (χ1v) is 15.5. The molecule has 196 valence electrons. The molecule has 7 nitrogen and oxygen atoms in total. The van der Waals surface area contributed by atoms with Crippen LogP contribution < -0.4 is 16.0 Å². The summed E-state index contributed by atoms with van der Waals surface area (Å²) in [4.78, 5) is 29.8. The number of hydrogen-bond acceptors (Lipinski definition) is 5. The molecule has 0 radical (unpaired) electrons. The summed E-state index contributed by atoms with van der Waals surface area (Å²) in [6, 6.07) is 15.9. The Kier molecular flexibility index (Phi) is 9.12. The second-order valence-corrected chi connectivity index (χ2v) is 15.7. The topological polar surface area (TPSA) is 92.4 Å². The monoisotopic (exact) mass is 538 g/mol. The van der Waals surface area contributed by atoms with Crippen LogP contribution in [0.1, 0.15) is 47.2 Å². The number of hydrogen-bond donors (Lipinski definition) is 3. The highest BCUT2D eigenvalue weighted by Gasteiger charge is 2.36. The second kappa shape index (κ2) is 11.9.